The number of hydrogen-bond acceptors (Lipinski definition) is 5. The second-order valence-electron chi connectivity index (χ2n) is 4.66. The maximum atomic E-state index is 4.50. The van der Waals surface area contributed by atoms with Gasteiger partial charge in [-0.2, -0.15) is 0 Å². The fourth-order valence-electron chi connectivity index (χ4n) is 1.97. The molecule has 0 fully saturated rings. The molecular weight excluding hydrogens is 256 g/mol. The Balaban J connectivity index is 2.25. The van der Waals surface area contributed by atoms with Crippen molar-refractivity contribution in [1.29, 1.82) is 0 Å². The smallest absolute Gasteiger partial charge is 0.135 e. The van der Waals surface area contributed by atoms with Crippen LogP contribution in [-0.2, 0) is 0 Å². The van der Waals surface area contributed by atoms with E-state index in [-0.39, 0.29) is 6.04 Å². The van der Waals surface area contributed by atoms with Crippen molar-refractivity contribution < 1.29 is 0 Å². The molecule has 102 valence electrons. The van der Waals surface area contributed by atoms with Gasteiger partial charge in [0.25, 0.3) is 0 Å². The summed E-state index contributed by atoms with van der Waals surface area (Å²) < 4.78 is 0. The van der Waals surface area contributed by atoms with Gasteiger partial charge in [-0.05, 0) is 39.8 Å². The molecule has 5 heteroatoms. The van der Waals surface area contributed by atoms with Crippen LogP contribution in [-0.4, -0.2) is 17.0 Å². The van der Waals surface area contributed by atoms with E-state index in [4.69, 9.17) is 0 Å². The topological polar surface area (TPSA) is 49.8 Å². The van der Waals surface area contributed by atoms with Crippen LogP contribution >= 0.6 is 11.3 Å². The lowest BCUT2D eigenvalue weighted by molar-refractivity contribution is 0.882. The molecule has 2 N–H and O–H groups in total. The Morgan fingerprint density at radius 1 is 1.11 bits per heavy atom. The van der Waals surface area contributed by atoms with E-state index < -0.39 is 0 Å². The molecule has 19 heavy (non-hydrogen) atoms. The minimum atomic E-state index is 0.247. The molecule has 2 aromatic heterocycles. The number of nitrogens with one attached hydrogen (secondary N) is 2. The number of thiophene rings is 1. The van der Waals surface area contributed by atoms with E-state index in [1.165, 1.54) is 9.75 Å². The van der Waals surface area contributed by atoms with Crippen molar-refractivity contribution in [2.45, 2.75) is 33.7 Å². The second kappa shape index (κ2) is 5.57. The molecule has 2 heterocycles. The zero-order valence-corrected chi connectivity index (χ0v) is 12.9. The normalized spacial score (nSPS) is 12.3. The van der Waals surface area contributed by atoms with Crippen molar-refractivity contribution in [1.82, 2.24) is 9.97 Å². The lowest BCUT2D eigenvalue weighted by atomic mass is 10.2. The summed E-state index contributed by atoms with van der Waals surface area (Å²) in [6.07, 6.45) is 0. The first kappa shape index (κ1) is 13.8. The summed E-state index contributed by atoms with van der Waals surface area (Å²) in [5.41, 5.74) is 1.05. The molecule has 0 aliphatic carbocycles. The molecule has 0 aromatic carbocycles. The fourth-order valence-corrected chi connectivity index (χ4v) is 2.85. The minimum Gasteiger partial charge on any atom is -0.373 e. The third kappa shape index (κ3) is 3.04. The van der Waals surface area contributed by atoms with Crippen LogP contribution in [0.25, 0.3) is 0 Å². The summed E-state index contributed by atoms with van der Waals surface area (Å²) in [6, 6.07) is 4.56. The first-order chi connectivity index (χ1) is 9.01. The van der Waals surface area contributed by atoms with Gasteiger partial charge in [-0.15, -0.1) is 11.3 Å². The van der Waals surface area contributed by atoms with Gasteiger partial charge in [-0.25, -0.2) is 9.97 Å². The van der Waals surface area contributed by atoms with Crippen LogP contribution in [0.1, 0.15) is 34.1 Å². The van der Waals surface area contributed by atoms with Gasteiger partial charge in [0.15, 0.2) is 0 Å². The highest BCUT2D eigenvalue weighted by Crippen LogP contribution is 2.27. The number of hydrogen-bond donors (Lipinski definition) is 2. The summed E-state index contributed by atoms with van der Waals surface area (Å²) in [7, 11) is 1.88. The Labute approximate surface area is 118 Å². The molecule has 0 amide bonds. The highest BCUT2D eigenvalue weighted by molar-refractivity contribution is 7.12. The van der Waals surface area contributed by atoms with Gasteiger partial charge in [0.2, 0.25) is 0 Å². The minimum absolute atomic E-state index is 0.247. The zero-order valence-electron chi connectivity index (χ0n) is 12.0. The van der Waals surface area contributed by atoms with Crippen molar-refractivity contribution in [3.05, 3.63) is 33.3 Å². The molecule has 0 saturated heterocycles. The summed E-state index contributed by atoms with van der Waals surface area (Å²) in [6.45, 7) is 8.21. The molecule has 0 aliphatic heterocycles. The number of nitrogens with zero attached hydrogens (tertiary/aromatic N) is 2. The summed E-state index contributed by atoms with van der Waals surface area (Å²) in [4.78, 5) is 11.5. The maximum Gasteiger partial charge on any atom is 0.135 e. The summed E-state index contributed by atoms with van der Waals surface area (Å²) in [5, 5.41) is 6.58. The monoisotopic (exact) mass is 276 g/mol. The van der Waals surface area contributed by atoms with Crippen LogP contribution in [0.4, 0.5) is 11.6 Å². The van der Waals surface area contributed by atoms with E-state index in [1.54, 1.807) is 0 Å². The third-order valence-electron chi connectivity index (χ3n) is 3.04. The van der Waals surface area contributed by atoms with E-state index in [1.807, 2.05) is 32.2 Å². The second-order valence-corrected chi connectivity index (χ2v) is 5.98. The first-order valence-electron chi connectivity index (χ1n) is 6.37. The molecule has 1 atom stereocenters. The van der Waals surface area contributed by atoms with E-state index in [2.05, 4.69) is 46.6 Å². The van der Waals surface area contributed by atoms with Gasteiger partial charge in [0, 0.05) is 22.4 Å². The molecule has 2 rings (SSSR count). The standard InChI is InChI=1S/C14H20N4S/c1-8-6-7-12(19-8)10(3)16-14-9(2)13(15-5)17-11(4)18-14/h6-7,10H,1-5H3,(H2,15,16,17,18). The first-order valence-corrected chi connectivity index (χ1v) is 7.18. The Bertz CT molecular complexity index is 577. The van der Waals surface area contributed by atoms with Crippen LogP contribution in [0.2, 0.25) is 0 Å². The Morgan fingerprint density at radius 2 is 1.79 bits per heavy atom. The van der Waals surface area contributed by atoms with E-state index in [0.29, 0.717) is 0 Å². The molecule has 0 spiro atoms. The largest absolute Gasteiger partial charge is 0.373 e. The average Bonchev–Trinajstić information content (AvgIpc) is 2.80. The van der Waals surface area contributed by atoms with Crippen molar-refractivity contribution in [3.8, 4) is 0 Å². The lowest BCUT2D eigenvalue weighted by Gasteiger charge is -2.17. The van der Waals surface area contributed by atoms with E-state index in [0.717, 1.165) is 23.0 Å². The van der Waals surface area contributed by atoms with Gasteiger partial charge in [-0.1, -0.05) is 0 Å². The van der Waals surface area contributed by atoms with Crippen molar-refractivity contribution in [2.75, 3.05) is 17.7 Å². The van der Waals surface area contributed by atoms with Crippen molar-refractivity contribution >= 4 is 23.0 Å². The summed E-state index contributed by atoms with van der Waals surface area (Å²) >= 11 is 1.81. The van der Waals surface area contributed by atoms with Crippen LogP contribution in [0, 0.1) is 20.8 Å². The van der Waals surface area contributed by atoms with Crippen LogP contribution in [0.15, 0.2) is 12.1 Å². The van der Waals surface area contributed by atoms with Gasteiger partial charge in [-0.3, -0.25) is 0 Å². The van der Waals surface area contributed by atoms with Crippen molar-refractivity contribution in [2.24, 2.45) is 0 Å². The van der Waals surface area contributed by atoms with Gasteiger partial charge < -0.3 is 10.6 Å². The molecule has 0 aliphatic rings. The van der Waals surface area contributed by atoms with Gasteiger partial charge in [0.1, 0.15) is 17.5 Å². The SMILES string of the molecule is CNc1nc(C)nc(NC(C)c2ccc(C)s2)c1C. The Morgan fingerprint density at radius 3 is 2.37 bits per heavy atom. The number of aromatic nitrogens is 2. The van der Waals surface area contributed by atoms with Crippen LogP contribution in [0.3, 0.4) is 0 Å². The molecular formula is C14H20N4S. The maximum absolute atomic E-state index is 4.50. The Hall–Kier alpha value is -1.62. The number of aryl methyl sites for hydroxylation is 2. The quantitative estimate of drug-likeness (QED) is 0.894. The zero-order chi connectivity index (χ0) is 14.0. The molecule has 0 saturated carbocycles. The lowest BCUT2D eigenvalue weighted by Crippen LogP contribution is -2.11. The predicted molar refractivity (Wildman–Crippen MR) is 82.1 cm³/mol. The third-order valence-corrected chi connectivity index (χ3v) is 4.22. The van der Waals surface area contributed by atoms with Crippen LogP contribution < -0.4 is 10.6 Å². The number of anilines is 2. The molecule has 1 unspecified atom stereocenters. The van der Waals surface area contributed by atoms with E-state index in [9.17, 15) is 0 Å². The van der Waals surface area contributed by atoms with Gasteiger partial charge >= 0.3 is 0 Å². The summed E-state index contributed by atoms with van der Waals surface area (Å²) in [5.74, 6) is 2.55. The molecule has 4 nitrogen and oxygen atoms in total. The van der Waals surface area contributed by atoms with Crippen LogP contribution in [0.5, 0.6) is 0 Å². The molecule has 0 radical (unpaired) electrons. The predicted octanol–water partition coefficient (Wildman–Crippen LogP) is 3.68. The van der Waals surface area contributed by atoms with Crippen molar-refractivity contribution in [3.63, 3.8) is 0 Å². The average molecular weight is 276 g/mol. The highest BCUT2D eigenvalue weighted by atomic mass is 32.1. The van der Waals surface area contributed by atoms with E-state index >= 15 is 0 Å². The highest BCUT2D eigenvalue weighted by Gasteiger charge is 2.13. The molecule has 0 bridgehead atoms. The number of rotatable bonds is 4. The van der Waals surface area contributed by atoms with Gasteiger partial charge in [0.05, 0.1) is 6.04 Å². The fraction of sp³-hybridized carbons (Fsp3) is 0.429. The Kier molecular flexibility index (Phi) is 4.04. The molecule has 2 aromatic rings.